The lowest BCUT2D eigenvalue weighted by molar-refractivity contribution is -0.0946. The Bertz CT molecular complexity index is 987. The zero-order valence-electron chi connectivity index (χ0n) is 20.1. The molecular formula is C25H35NO3S2Si. The van der Waals surface area contributed by atoms with Crippen molar-refractivity contribution in [3.63, 3.8) is 0 Å². The molecule has 1 fully saturated rings. The van der Waals surface area contributed by atoms with Crippen LogP contribution in [0.2, 0.25) is 18.1 Å². The molecule has 174 valence electrons. The van der Waals surface area contributed by atoms with Crippen molar-refractivity contribution in [2.45, 2.75) is 79.3 Å². The summed E-state index contributed by atoms with van der Waals surface area (Å²) in [5.74, 6) is 0. The highest BCUT2D eigenvalue weighted by Gasteiger charge is 2.40. The van der Waals surface area contributed by atoms with Crippen LogP contribution in [-0.2, 0) is 26.0 Å². The van der Waals surface area contributed by atoms with Crippen LogP contribution in [0.4, 0.5) is 0 Å². The van der Waals surface area contributed by atoms with Crippen LogP contribution in [-0.4, -0.2) is 34.4 Å². The predicted molar refractivity (Wildman–Crippen MR) is 137 cm³/mol. The van der Waals surface area contributed by atoms with Gasteiger partial charge in [-0.15, -0.1) is 16.5 Å². The molecule has 1 saturated heterocycles. The van der Waals surface area contributed by atoms with Gasteiger partial charge in [-0.05, 0) is 65.7 Å². The average molecular weight is 490 g/mol. The Kier molecular flexibility index (Phi) is 6.95. The molecule has 4 rings (SSSR count). The monoisotopic (exact) mass is 489 g/mol. The van der Waals surface area contributed by atoms with Crippen molar-refractivity contribution in [1.29, 1.82) is 0 Å². The lowest BCUT2D eigenvalue weighted by Gasteiger charge is -2.35. The first-order valence-corrected chi connectivity index (χ1v) is 16.0. The molecule has 0 atom stereocenters. The van der Waals surface area contributed by atoms with E-state index in [1.807, 2.05) is 18.9 Å². The van der Waals surface area contributed by atoms with E-state index in [-0.39, 0.29) is 10.6 Å². The minimum absolute atomic E-state index is 0.157. The Labute approximate surface area is 201 Å². The molecule has 7 heteroatoms. The largest absolute Gasteiger partial charge is 0.455 e. The number of thiophene rings is 1. The Hall–Kier alpha value is -1.12. The van der Waals surface area contributed by atoms with Crippen LogP contribution in [0.25, 0.3) is 0 Å². The molecule has 2 aliphatic rings. The molecule has 32 heavy (non-hydrogen) atoms. The lowest BCUT2D eigenvalue weighted by Crippen LogP contribution is -2.39. The topological polar surface area (TPSA) is 40.0 Å². The van der Waals surface area contributed by atoms with Crippen molar-refractivity contribution in [3.05, 3.63) is 46.3 Å². The molecule has 0 unspecified atom stereocenters. The molecule has 2 aromatic rings. The van der Waals surface area contributed by atoms with Gasteiger partial charge in [0.05, 0.1) is 15.5 Å². The minimum Gasteiger partial charge on any atom is -0.455 e. The molecule has 0 N–H and O–H groups in total. The predicted octanol–water partition coefficient (Wildman–Crippen LogP) is 7.22. The Morgan fingerprint density at radius 2 is 1.88 bits per heavy atom. The number of ether oxygens (including phenoxy) is 2. The van der Waals surface area contributed by atoms with E-state index in [1.54, 1.807) is 11.3 Å². The van der Waals surface area contributed by atoms with Crippen molar-refractivity contribution in [3.8, 4) is 0 Å². The number of benzene rings is 1. The third-order valence-electron chi connectivity index (χ3n) is 7.22. The first-order chi connectivity index (χ1) is 15.1. The number of nitrogens with zero attached hydrogens (tertiary/aromatic N) is 1. The summed E-state index contributed by atoms with van der Waals surface area (Å²) in [6.07, 6.45) is 3.83. The minimum atomic E-state index is -1.89. The summed E-state index contributed by atoms with van der Waals surface area (Å²) >= 11 is 3.64. The molecule has 2 heterocycles. The zero-order valence-corrected chi connectivity index (χ0v) is 22.8. The number of oxime groups is 1. The highest BCUT2D eigenvalue weighted by atomic mass is 32.2. The molecule has 1 aliphatic heterocycles. The third kappa shape index (κ3) is 4.87. The quantitative estimate of drug-likeness (QED) is 0.317. The van der Waals surface area contributed by atoms with Crippen molar-refractivity contribution in [2.24, 2.45) is 5.16 Å². The van der Waals surface area contributed by atoms with E-state index in [1.165, 1.54) is 25.8 Å². The molecule has 1 aliphatic carbocycles. The van der Waals surface area contributed by atoms with Crippen LogP contribution in [0.3, 0.4) is 0 Å². The van der Waals surface area contributed by atoms with Crippen molar-refractivity contribution in [1.82, 2.24) is 0 Å². The van der Waals surface area contributed by atoms with Gasteiger partial charge in [-0.3, -0.25) is 0 Å². The van der Waals surface area contributed by atoms with Crippen LogP contribution in [0, 0.1) is 0 Å². The van der Waals surface area contributed by atoms with E-state index in [0.29, 0.717) is 0 Å². The molecule has 0 spiro atoms. The molecule has 1 aromatic heterocycles. The smallest absolute Gasteiger partial charge is 0.286 e. The fraction of sp³-hybridized carbons (Fsp3) is 0.560. The standard InChI is InChI=1S/C25H35NO3S2Si/c1-24(2,3)32(5,6)29-26-22-10-7-18-15-20(8-9-21(18)22)31-23-16-19(17-30-23)25(27-4)11-13-28-14-12-25/h8-9,15-17H,7,10-14H2,1-6H3/b26-22+. The molecule has 0 radical (unpaired) electrons. The second kappa shape index (κ2) is 9.26. The zero-order chi connectivity index (χ0) is 23.0. The molecule has 0 saturated carbocycles. The van der Waals surface area contributed by atoms with E-state index >= 15 is 0 Å². The summed E-state index contributed by atoms with van der Waals surface area (Å²) in [5.41, 5.74) is 4.82. The van der Waals surface area contributed by atoms with Crippen molar-refractivity contribution < 1.29 is 14.0 Å². The van der Waals surface area contributed by atoms with Gasteiger partial charge in [0.1, 0.15) is 0 Å². The van der Waals surface area contributed by atoms with Gasteiger partial charge in [0.2, 0.25) is 0 Å². The summed E-state index contributed by atoms with van der Waals surface area (Å²) in [6, 6.07) is 9.07. The SMILES string of the molecule is COC1(c2csc(Sc3ccc4c(c3)CC/C4=N\O[Si](C)(C)C(C)(C)C)c2)CCOCC1. The van der Waals surface area contributed by atoms with Crippen molar-refractivity contribution in [2.75, 3.05) is 20.3 Å². The van der Waals surface area contributed by atoms with E-state index in [0.717, 1.165) is 44.6 Å². The summed E-state index contributed by atoms with van der Waals surface area (Å²) in [7, 11) is -0.0618. The average Bonchev–Trinajstić information content (AvgIpc) is 3.39. The van der Waals surface area contributed by atoms with E-state index in [2.05, 4.69) is 68.7 Å². The third-order valence-corrected chi connectivity index (χ3v) is 13.4. The fourth-order valence-corrected chi connectivity index (χ4v) is 6.66. The van der Waals surface area contributed by atoms with E-state index in [4.69, 9.17) is 14.0 Å². The maximum atomic E-state index is 6.14. The molecule has 0 amide bonds. The van der Waals surface area contributed by atoms with Crippen LogP contribution in [0.15, 0.2) is 43.9 Å². The van der Waals surface area contributed by atoms with Gasteiger partial charge >= 0.3 is 0 Å². The van der Waals surface area contributed by atoms with Gasteiger partial charge in [0.15, 0.2) is 0 Å². The summed E-state index contributed by atoms with van der Waals surface area (Å²) < 4.78 is 19.0. The molecule has 1 aromatic carbocycles. The van der Waals surface area contributed by atoms with Crippen LogP contribution < -0.4 is 0 Å². The van der Waals surface area contributed by atoms with Crippen molar-refractivity contribution >= 4 is 37.1 Å². The van der Waals surface area contributed by atoms with Gasteiger partial charge in [0, 0.05) is 43.6 Å². The highest BCUT2D eigenvalue weighted by molar-refractivity contribution is 8.01. The summed E-state index contributed by atoms with van der Waals surface area (Å²) in [6.45, 7) is 12.8. The van der Waals surface area contributed by atoms with E-state index in [9.17, 15) is 0 Å². The van der Waals surface area contributed by atoms with Crippen LogP contribution in [0.5, 0.6) is 0 Å². The Balaban J connectivity index is 1.47. The summed E-state index contributed by atoms with van der Waals surface area (Å²) in [5, 5.41) is 7.05. The number of methoxy groups -OCH3 is 1. The maximum Gasteiger partial charge on any atom is 0.286 e. The second-order valence-corrected chi connectivity index (χ2v) is 17.3. The number of hydrogen-bond donors (Lipinski definition) is 0. The molecule has 0 bridgehead atoms. The number of hydrogen-bond acceptors (Lipinski definition) is 6. The van der Waals surface area contributed by atoms with Crippen LogP contribution in [0.1, 0.15) is 56.7 Å². The summed E-state index contributed by atoms with van der Waals surface area (Å²) in [4.78, 5) is 1.28. The first kappa shape index (κ1) is 24.0. The van der Waals surface area contributed by atoms with Gasteiger partial charge in [-0.2, -0.15) is 0 Å². The Morgan fingerprint density at radius 3 is 2.56 bits per heavy atom. The lowest BCUT2D eigenvalue weighted by atomic mass is 9.88. The Morgan fingerprint density at radius 1 is 1.12 bits per heavy atom. The van der Waals surface area contributed by atoms with Gasteiger partial charge < -0.3 is 14.0 Å². The first-order valence-electron chi connectivity index (χ1n) is 11.4. The number of fused-ring (bicyclic) bond motifs is 1. The fourth-order valence-electron chi connectivity index (χ4n) is 3.95. The molecular weight excluding hydrogens is 454 g/mol. The highest BCUT2D eigenvalue weighted by Crippen LogP contribution is 2.42. The normalized spacial score (nSPS) is 19.9. The second-order valence-electron chi connectivity index (χ2n) is 10.3. The van der Waals surface area contributed by atoms with Crippen LogP contribution >= 0.6 is 23.1 Å². The van der Waals surface area contributed by atoms with Gasteiger partial charge in [-0.1, -0.05) is 38.6 Å². The van der Waals surface area contributed by atoms with Gasteiger partial charge in [-0.25, -0.2) is 0 Å². The number of aryl methyl sites for hydroxylation is 1. The maximum absolute atomic E-state index is 6.14. The van der Waals surface area contributed by atoms with E-state index < -0.39 is 8.32 Å². The number of rotatable bonds is 6. The molecule has 4 nitrogen and oxygen atoms in total. The van der Waals surface area contributed by atoms with Gasteiger partial charge in [0.25, 0.3) is 8.32 Å².